The van der Waals surface area contributed by atoms with E-state index in [0.717, 1.165) is 37.2 Å². The third-order valence-electron chi connectivity index (χ3n) is 7.02. The van der Waals surface area contributed by atoms with Gasteiger partial charge in [0.15, 0.2) is 5.69 Å². The van der Waals surface area contributed by atoms with Crippen LogP contribution in [0.3, 0.4) is 0 Å². The largest absolute Gasteiger partial charge is 0.487 e. The molecule has 2 aliphatic rings. The van der Waals surface area contributed by atoms with E-state index in [1.807, 2.05) is 50.2 Å². The van der Waals surface area contributed by atoms with Gasteiger partial charge in [-0.1, -0.05) is 50.2 Å². The molecule has 0 radical (unpaired) electrons. The number of piperidine rings is 1. The fraction of sp³-hybridized carbons (Fsp3) is 0.444. The molecule has 7 heteroatoms. The molecule has 3 aromatic rings. The number of para-hydroxylation sites is 1. The van der Waals surface area contributed by atoms with Gasteiger partial charge in [-0.05, 0) is 37.9 Å². The third kappa shape index (κ3) is 4.20. The van der Waals surface area contributed by atoms with Gasteiger partial charge in [0.1, 0.15) is 11.4 Å². The van der Waals surface area contributed by atoms with Gasteiger partial charge in [-0.15, -0.1) is 0 Å². The molecule has 1 saturated heterocycles. The lowest BCUT2D eigenvalue weighted by molar-refractivity contribution is -0.0196. The minimum Gasteiger partial charge on any atom is -0.487 e. The number of hydrogen-bond donors (Lipinski definition) is 1. The van der Waals surface area contributed by atoms with Crippen molar-refractivity contribution in [3.8, 4) is 5.75 Å². The number of carbonyl (C=O) groups excluding carboxylic acids is 1. The Morgan fingerprint density at radius 2 is 1.79 bits per heavy atom. The van der Waals surface area contributed by atoms with E-state index in [9.17, 15) is 9.59 Å². The number of likely N-dealkylation sites (tertiary alicyclic amines) is 1. The Bertz CT molecular complexity index is 1270. The number of benzene rings is 2. The lowest BCUT2D eigenvalue weighted by Gasteiger charge is -2.46. The summed E-state index contributed by atoms with van der Waals surface area (Å²) in [7, 11) is 2.13. The van der Waals surface area contributed by atoms with E-state index >= 15 is 0 Å². The van der Waals surface area contributed by atoms with Crippen LogP contribution in [0.5, 0.6) is 5.75 Å². The van der Waals surface area contributed by atoms with E-state index in [4.69, 9.17) is 4.74 Å². The Balaban J connectivity index is 1.51. The van der Waals surface area contributed by atoms with Crippen molar-refractivity contribution in [3.63, 3.8) is 0 Å². The monoisotopic (exact) mass is 460 g/mol. The number of ether oxygens (including phenoxy) is 1. The van der Waals surface area contributed by atoms with Gasteiger partial charge in [-0.25, -0.2) is 4.68 Å². The van der Waals surface area contributed by atoms with Crippen LogP contribution in [-0.4, -0.2) is 46.3 Å². The second-order valence-corrected chi connectivity index (χ2v) is 10.1. The second-order valence-electron chi connectivity index (χ2n) is 10.1. The average Bonchev–Trinajstić information content (AvgIpc) is 2.83. The highest BCUT2D eigenvalue weighted by atomic mass is 16.5. The molecule has 0 saturated carbocycles. The van der Waals surface area contributed by atoms with Crippen LogP contribution in [0.15, 0.2) is 53.3 Å². The fourth-order valence-corrected chi connectivity index (χ4v) is 5.18. The molecule has 0 bridgehead atoms. The molecule has 2 aliphatic heterocycles. The van der Waals surface area contributed by atoms with Crippen molar-refractivity contribution in [1.29, 1.82) is 0 Å². The first-order valence-corrected chi connectivity index (χ1v) is 12.1. The van der Waals surface area contributed by atoms with E-state index in [2.05, 4.69) is 22.4 Å². The predicted molar refractivity (Wildman–Crippen MR) is 132 cm³/mol. The smallest absolute Gasteiger partial charge is 0.274 e. The summed E-state index contributed by atoms with van der Waals surface area (Å²) in [5, 5.41) is 8.88. The Hall–Kier alpha value is -3.19. The van der Waals surface area contributed by atoms with E-state index in [-0.39, 0.29) is 34.7 Å². The highest BCUT2D eigenvalue weighted by molar-refractivity contribution is 6.04. The quantitative estimate of drug-likeness (QED) is 0.641. The van der Waals surface area contributed by atoms with Gasteiger partial charge in [-0.3, -0.25) is 9.59 Å². The summed E-state index contributed by atoms with van der Waals surface area (Å²) in [5.74, 6) is 0.804. The van der Waals surface area contributed by atoms with Crippen molar-refractivity contribution in [2.24, 2.45) is 5.92 Å². The van der Waals surface area contributed by atoms with Crippen molar-refractivity contribution < 1.29 is 9.53 Å². The van der Waals surface area contributed by atoms with Crippen LogP contribution in [0.4, 0.5) is 0 Å². The van der Waals surface area contributed by atoms with Crippen molar-refractivity contribution in [2.45, 2.75) is 51.3 Å². The molecular weight excluding hydrogens is 428 g/mol. The van der Waals surface area contributed by atoms with E-state index in [1.54, 1.807) is 12.1 Å². The van der Waals surface area contributed by atoms with Crippen molar-refractivity contribution in [1.82, 2.24) is 20.0 Å². The molecule has 34 heavy (non-hydrogen) atoms. The lowest BCUT2D eigenvalue weighted by Crippen LogP contribution is -2.51. The summed E-state index contributed by atoms with van der Waals surface area (Å²) in [6.07, 6.45) is 2.56. The zero-order chi connectivity index (χ0) is 23.9. The second kappa shape index (κ2) is 8.87. The topological polar surface area (TPSA) is 76.5 Å². The molecule has 1 aromatic heterocycles. The maximum Gasteiger partial charge on any atom is 0.274 e. The van der Waals surface area contributed by atoms with Crippen LogP contribution in [0, 0.1) is 5.92 Å². The number of fused-ring (bicyclic) bond motifs is 2. The molecule has 178 valence electrons. The zero-order valence-electron chi connectivity index (χ0n) is 20.1. The number of carbonyl (C=O) groups is 1. The summed E-state index contributed by atoms with van der Waals surface area (Å²) in [5.41, 5.74) is 0.824. The molecule has 2 aromatic carbocycles. The summed E-state index contributed by atoms with van der Waals surface area (Å²) < 4.78 is 7.96. The minimum absolute atomic E-state index is 0.164. The van der Waals surface area contributed by atoms with Gasteiger partial charge in [0, 0.05) is 37.0 Å². The first-order valence-electron chi connectivity index (χ1n) is 12.1. The maximum atomic E-state index is 13.7. The molecule has 1 spiro atoms. The average molecular weight is 461 g/mol. The number of amides is 1. The van der Waals surface area contributed by atoms with Crippen LogP contribution in [-0.2, 0) is 6.54 Å². The zero-order valence-corrected chi connectivity index (χ0v) is 20.1. The van der Waals surface area contributed by atoms with Crippen LogP contribution < -0.4 is 15.6 Å². The Labute approximate surface area is 199 Å². The molecule has 7 nitrogen and oxygen atoms in total. The van der Waals surface area contributed by atoms with Gasteiger partial charge in [-0.2, -0.15) is 5.10 Å². The Kier molecular flexibility index (Phi) is 5.90. The van der Waals surface area contributed by atoms with Gasteiger partial charge < -0.3 is 15.0 Å². The summed E-state index contributed by atoms with van der Waals surface area (Å²) in [6, 6.07) is 15.0. The number of rotatable bonds is 4. The molecule has 5 rings (SSSR count). The molecule has 1 fully saturated rings. The summed E-state index contributed by atoms with van der Waals surface area (Å²) >= 11 is 0. The van der Waals surface area contributed by atoms with Gasteiger partial charge in [0.25, 0.3) is 11.5 Å². The Morgan fingerprint density at radius 3 is 2.53 bits per heavy atom. The molecule has 1 unspecified atom stereocenters. The number of nitrogens with one attached hydrogen (secondary N) is 1. The SMILES string of the molecule is CC(C)Cn1nc(C(=O)NC2CC3(CCN(C)CC3)Oc3ccccc32)c2ccccc2c1=O. The number of hydrogen-bond acceptors (Lipinski definition) is 5. The van der Waals surface area contributed by atoms with E-state index in [1.165, 1.54) is 4.68 Å². The van der Waals surface area contributed by atoms with Crippen molar-refractivity contribution in [2.75, 3.05) is 20.1 Å². The van der Waals surface area contributed by atoms with Crippen LogP contribution in [0.1, 0.15) is 55.2 Å². The lowest BCUT2D eigenvalue weighted by atomic mass is 9.80. The normalized spacial score (nSPS) is 19.7. The highest BCUT2D eigenvalue weighted by Gasteiger charge is 2.43. The van der Waals surface area contributed by atoms with E-state index in [0.29, 0.717) is 23.7 Å². The highest BCUT2D eigenvalue weighted by Crippen LogP contribution is 2.44. The van der Waals surface area contributed by atoms with E-state index < -0.39 is 0 Å². The maximum absolute atomic E-state index is 13.7. The Morgan fingerprint density at radius 1 is 1.12 bits per heavy atom. The number of aromatic nitrogens is 2. The van der Waals surface area contributed by atoms with Crippen LogP contribution in [0.2, 0.25) is 0 Å². The third-order valence-corrected chi connectivity index (χ3v) is 7.02. The minimum atomic E-state index is -0.287. The summed E-state index contributed by atoms with van der Waals surface area (Å²) in [4.78, 5) is 29.0. The first kappa shape index (κ1) is 22.6. The molecule has 3 heterocycles. The standard InChI is InChI=1S/C27H32N4O3/c1-18(2)17-31-26(33)20-9-5-4-8-19(20)24(29-31)25(32)28-22-16-27(12-14-30(3)15-13-27)34-23-11-7-6-10-21(22)23/h4-11,18,22H,12-17H2,1-3H3,(H,28,32). The molecule has 1 N–H and O–H groups in total. The molecule has 1 atom stereocenters. The van der Waals surface area contributed by atoms with Gasteiger partial charge >= 0.3 is 0 Å². The predicted octanol–water partition coefficient (Wildman–Crippen LogP) is 3.77. The molecule has 0 aliphatic carbocycles. The van der Waals surface area contributed by atoms with Gasteiger partial charge in [0.2, 0.25) is 0 Å². The fourth-order valence-electron chi connectivity index (χ4n) is 5.18. The molecular formula is C27H32N4O3. The van der Waals surface area contributed by atoms with Crippen molar-refractivity contribution >= 4 is 16.7 Å². The molecule has 1 amide bonds. The van der Waals surface area contributed by atoms with Crippen LogP contribution in [0.25, 0.3) is 10.8 Å². The van der Waals surface area contributed by atoms with Crippen molar-refractivity contribution in [3.05, 3.63) is 70.1 Å². The van der Waals surface area contributed by atoms with Gasteiger partial charge in [0.05, 0.1) is 11.4 Å². The summed E-state index contributed by atoms with van der Waals surface area (Å²) in [6.45, 7) is 6.46. The number of nitrogens with zero attached hydrogens (tertiary/aromatic N) is 3. The first-order chi connectivity index (χ1) is 16.3. The van der Waals surface area contributed by atoms with Crippen LogP contribution >= 0.6 is 0 Å².